The van der Waals surface area contributed by atoms with Crippen molar-refractivity contribution in [1.82, 2.24) is 0 Å². The average Bonchev–Trinajstić information content (AvgIpc) is 2.61. The second kappa shape index (κ2) is 15.8. The normalized spacial score (nSPS) is 11.5. The minimum atomic E-state index is -2.63. The number of esters is 1. The Bertz CT molecular complexity index is 302. The first-order chi connectivity index (χ1) is 11.6. The molecule has 6 nitrogen and oxygen atoms in total. The van der Waals surface area contributed by atoms with Crippen LogP contribution in [0, 0.1) is 0 Å². The molecule has 0 amide bonds. The van der Waals surface area contributed by atoms with Gasteiger partial charge in [0.1, 0.15) is 6.61 Å². The Morgan fingerprint density at radius 1 is 0.875 bits per heavy atom. The van der Waals surface area contributed by atoms with E-state index in [1.165, 1.54) is 0 Å². The fourth-order valence-corrected chi connectivity index (χ4v) is 4.67. The van der Waals surface area contributed by atoms with Gasteiger partial charge in [-0.1, -0.05) is 27.4 Å². The van der Waals surface area contributed by atoms with Gasteiger partial charge < -0.3 is 22.8 Å². The van der Waals surface area contributed by atoms with Crippen molar-refractivity contribution in [2.24, 2.45) is 0 Å². The van der Waals surface area contributed by atoms with Crippen LogP contribution in [0.5, 0.6) is 0 Å². The molecule has 142 valence electrons. The maximum atomic E-state index is 10.9. The molecule has 0 rings (SSSR count). The van der Waals surface area contributed by atoms with Crippen LogP contribution in [-0.4, -0.2) is 54.4 Å². The quantitative estimate of drug-likeness (QED) is 0.171. The average molecular weight is 363 g/mol. The van der Waals surface area contributed by atoms with Gasteiger partial charge in [-0.2, -0.15) is 0 Å². The molecule has 24 heavy (non-hydrogen) atoms. The van der Waals surface area contributed by atoms with Crippen LogP contribution in [0.2, 0.25) is 6.04 Å². The Morgan fingerprint density at radius 2 is 1.42 bits per heavy atom. The van der Waals surface area contributed by atoms with Crippen molar-refractivity contribution < 1.29 is 27.5 Å². The van der Waals surface area contributed by atoms with Gasteiger partial charge in [-0.05, 0) is 25.7 Å². The maximum absolute atomic E-state index is 10.9. The predicted molar refractivity (Wildman–Crippen MR) is 95.9 cm³/mol. The van der Waals surface area contributed by atoms with E-state index in [0.29, 0.717) is 33.0 Å². The van der Waals surface area contributed by atoms with Crippen molar-refractivity contribution in [3.63, 3.8) is 0 Å². The SMILES string of the molecule is C=CC(=O)OCCOCCC[Si](OCCC)(OCCC)OCCC. The number of ether oxygens (including phenoxy) is 2. The molecular formula is C17H34O6Si. The second-order valence-corrected chi connectivity index (χ2v) is 8.05. The number of hydrogen-bond donors (Lipinski definition) is 0. The van der Waals surface area contributed by atoms with Crippen LogP contribution < -0.4 is 0 Å². The molecule has 0 saturated heterocycles. The van der Waals surface area contributed by atoms with Gasteiger partial charge in [-0.15, -0.1) is 0 Å². The van der Waals surface area contributed by atoms with E-state index >= 15 is 0 Å². The third-order valence-electron chi connectivity index (χ3n) is 2.99. The molecule has 0 spiro atoms. The molecular weight excluding hydrogens is 328 g/mol. The molecule has 0 heterocycles. The lowest BCUT2D eigenvalue weighted by molar-refractivity contribution is -0.139. The van der Waals surface area contributed by atoms with Gasteiger partial charge in [0.15, 0.2) is 0 Å². The van der Waals surface area contributed by atoms with Crippen molar-refractivity contribution in [2.45, 2.75) is 52.5 Å². The first-order valence-corrected chi connectivity index (χ1v) is 10.9. The molecule has 0 unspecified atom stereocenters. The lowest BCUT2D eigenvalue weighted by atomic mass is 10.5. The molecule has 0 N–H and O–H groups in total. The third-order valence-corrected chi connectivity index (χ3v) is 5.89. The lowest BCUT2D eigenvalue weighted by Gasteiger charge is -2.29. The van der Waals surface area contributed by atoms with E-state index in [-0.39, 0.29) is 6.61 Å². The molecule has 0 fully saturated rings. The minimum absolute atomic E-state index is 0.235. The van der Waals surface area contributed by atoms with Gasteiger partial charge in [0.05, 0.1) is 6.61 Å². The summed E-state index contributed by atoms with van der Waals surface area (Å²) in [4.78, 5) is 10.9. The summed E-state index contributed by atoms with van der Waals surface area (Å²) in [6, 6.07) is 0.736. The second-order valence-electron chi connectivity index (χ2n) is 5.32. The minimum Gasteiger partial charge on any atom is -0.460 e. The highest BCUT2D eigenvalue weighted by Crippen LogP contribution is 2.19. The highest BCUT2D eigenvalue weighted by Gasteiger charge is 2.40. The Hall–Kier alpha value is -0.733. The summed E-state index contributed by atoms with van der Waals surface area (Å²) in [5, 5.41) is 0. The molecule has 0 aliphatic heterocycles. The van der Waals surface area contributed by atoms with Crippen LogP contribution in [0.3, 0.4) is 0 Å². The van der Waals surface area contributed by atoms with Crippen LogP contribution in [-0.2, 0) is 27.5 Å². The van der Waals surface area contributed by atoms with Crippen molar-refractivity contribution in [3.8, 4) is 0 Å². The first-order valence-electron chi connectivity index (χ1n) is 8.92. The molecule has 0 aliphatic carbocycles. The van der Waals surface area contributed by atoms with Crippen molar-refractivity contribution >= 4 is 14.8 Å². The zero-order chi connectivity index (χ0) is 18.1. The fraction of sp³-hybridized carbons (Fsp3) is 0.824. The molecule has 0 atom stereocenters. The summed E-state index contributed by atoms with van der Waals surface area (Å²) in [6.45, 7) is 12.7. The largest absolute Gasteiger partial charge is 0.501 e. The summed E-state index contributed by atoms with van der Waals surface area (Å²) in [5.74, 6) is -0.432. The smallest absolute Gasteiger partial charge is 0.460 e. The first kappa shape index (κ1) is 23.3. The van der Waals surface area contributed by atoms with Crippen LogP contribution in [0.15, 0.2) is 12.7 Å². The van der Waals surface area contributed by atoms with Crippen molar-refractivity contribution in [1.29, 1.82) is 0 Å². The van der Waals surface area contributed by atoms with Gasteiger partial charge in [-0.25, -0.2) is 4.79 Å². The highest BCUT2D eigenvalue weighted by atomic mass is 28.4. The number of rotatable bonds is 17. The molecule has 0 aliphatic rings. The highest BCUT2D eigenvalue weighted by molar-refractivity contribution is 6.60. The Morgan fingerprint density at radius 3 is 1.88 bits per heavy atom. The van der Waals surface area contributed by atoms with Crippen LogP contribution in [0.25, 0.3) is 0 Å². The van der Waals surface area contributed by atoms with Crippen LogP contribution >= 0.6 is 0 Å². The molecule has 0 saturated carbocycles. The van der Waals surface area contributed by atoms with Gasteiger partial charge >= 0.3 is 14.8 Å². The lowest BCUT2D eigenvalue weighted by Crippen LogP contribution is -2.46. The topological polar surface area (TPSA) is 63.2 Å². The number of carbonyl (C=O) groups is 1. The number of hydrogen-bond acceptors (Lipinski definition) is 6. The van der Waals surface area contributed by atoms with E-state index in [2.05, 4.69) is 27.4 Å². The molecule has 0 aromatic heterocycles. The molecule has 0 radical (unpaired) electrons. The van der Waals surface area contributed by atoms with Gasteiger partial charge in [-0.3, -0.25) is 0 Å². The van der Waals surface area contributed by atoms with Gasteiger partial charge in [0.2, 0.25) is 0 Å². The Labute approximate surface area is 147 Å². The van der Waals surface area contributed by atoms with Gasteiger partial charge in [0, 0.05) is 38.5 Å². The molecule has 0 bridgehead atoms. The van der Waals surface area contributed by atoms with E-state index < -0.39 is 14.8 Å². The summed E-state index contributed by atoms with van der Waals surface area (Å²) in [6.07, 6.45) is 4.74. The fourth-order valence-electron chi connectivity index (χ4n) is 1.87. The zero-order valence-electron chi connectivity index (χ0n) is 15.5. The third kappa shape index (κ3) is 11.7. The Kier molecular flexibility index (Phi) is 15.3. The zero-order valence-corrected chi connectivity index (χ0v) is 16.5. The van der Waals surface area contributed by atoms with Gasteiger partial charge in [0.25, 0.3) is 0 Å². The van der Waals surface area contributed by atoms with E-state index in [1.54, 1.807) is 0 Å². The number of carbonyl (C=O) groups excluding carboxylic acids is 1. The summed E-state index contributed by atoms with van der Waals surface area (Å²) in [7, 11) is -2.63. The molecule has 0 aromatic rings. The standard InChI is InChI=1S/C17H34O6Si/c1-5-10-21-24(22-11-6-2,23-12-7-3)16-9-13-19-14-15-20-17(18)8-4/h8H,4-7,9-16H2,1-3H3. The van der Waals surface area contributed by atoms with E-state index in [4.69, 9.17) is 22.8 Å². The van der Waals surface area contributed by atoms with Crippen LogP contribution in [0.1, 0.15) is 46.5 Å². The summed E-state index contributed by atoms with van der Waals surface area (Å²) in [5.41, 5.74) is 0. The van der Waals surface area contributed by atoms with Crippen molar-refractivity contribution in [3.05, 3.63) is 12.7 Å². The maximum Gasteiger partial charge on any atom is 0.501 e. The van der Waals surface area contributed by atoms with E-state index in [0.717, 1.165) is 37.8 Å². The van der Waals surface area contributed by atoms with E-state index in [1.807, 2.05) is 0 Å². The predicted octanol–water partition coefficient (Wildman–Crippen LogP) is 3.34. The molecule has 7 heteroatoms. The summed E-state index contributed by atoms with van der Waals surface area (Å²) < 4.78 is 28.4. The van der Waals surface area contributed by atoms with Crippen LogP contribution in [0.4, 0.5) is 0 Å². The van der Waals surface area contributed by atoms with Crippen molar-refractivity contribution in [2.75, 3.05) is 39.6 Å². The summed E-state index contributed by atoms with van der Waals surface area (Å²) >= 11 is 0. The molecule has 0 aromatic carbocycles. The monoisotopic (exact) mass is 362 g/mol. The Balaban J connectivity index is 4.20. The van der Waals surface area contributed by atoms with E-state index in [9.17, 15) is 4.79 Å².